The van der Waals surface area contributed by atoms with Crippen LogP contribution in [0.5, 0.6) is 0 Å². The number of ether oxygens (including phenoxy) is 1. The molecule has 2 aromatic carbocycles. The predicted molar refractivity (Wildman–Crippen MR) is 129 cm³/mol. The van der Waals surface area contributed by atoms with Gasteiger partial charge in [-0.1, -0.05) is 49.0 Å². The highest BCUT2D eigenvalue weighted by Gasteiger charge is 2.42. The van der Waals surface area contributed by atoms with E-state index in [1.54, 1.807) is 24.3 Å². The van der Waals surface area contributed by atoms with Gasteiger partial charge >= 0.3 is 0 Å². The number of anilines is 1. The van der Waals surface area contributed by atoms with Crippen molar-refractivity contribution in [2.75, 3.05) is 18.4 Å². The number of benzene rings is 2. The number of amides is 2. The van der Waals surface area contributed by atoms with Crippen LogP contribution < -0.4 is 10.6 Å². The van der Waals surface area contributed by atoms with Crippen LogP contribution in [-0.2, 0) is 36.5 Å². The second-order valence-corrected chi connectivity index (χ2v) is 10.7. The van der Waals surface area contributed by atoms with Crippen molar-refractivity contribution in [2.24, 2.45) is 5.92 Å². The van der Waals surface area contributed by atoms with Gasteiger partial charge < -0.3 is 15.4 Å². The molecule has 3 unspecified atom stereocenters. The summed E-state index contributed by atoms with van der Waals surface area (Å²) in [4.78, 5) is 23.8. The third kappa shape index (κ3) is 6.11. The van der Waals surface area contributed by atoms with Crippen LogP contribution in [0.15, 0.2) is 67.3 Å². The molecule has 0 bridgehead atoms. The molecule has 34 heavy (non-hydrogen) atoms. The molecule has 2 aromatic rings. The van der Waals surface area contributed by atoms with Crippen molar-refractivity contribution in [1.82, 2.24) is 9.62 Å². The van der Waals surface area contributed by atoms with E-state index in [1.165, 1.54) is 10.4 Å². The molecule has 8 nitrogen and oxygen atoms in total. The summed E-state index contributed by atoms with van der Waals surface area (Å²) in [5.74, 6) is -0.332. The second-order valence-electron chi connectivity index (χ2n) is 8.68. The molecule has 2 aliphatic heterocycles. The minimum absolute atomic E-state index is 0.126. The van der Waals surface area contributed by atoms with E-state index in [0.717, 1.165) is 5.56 Å². The summed E-state index contributed by atoms with van der Waals surface area (Å²) >= 11 is 0. The fraction of sp³-hybridized carbons (Fsp3) is 0.360. The van der Waals surface area contributed by atoms with Gasteiger partial charge in [-0.05, 0) is 48.1 Å². The summed E-state index contributed by atoms with van der Waals surface area (Å²) in [7, 11) is -3.53. The molecule has 0 saturated carbocycles. The van der Waals surface area contributed by atoms with Gasteiger partial charge in [0.25, 0.3) is 0 Å². The number of nitrogens with zero attached hydrogens (tertiary/aromatic N) is 1. The first kappa shape index (κ1) is 24.1. The second kappa shape index (κ2) is 10.5. The quantitative estimate of drug-likeness (QED) is 0.561. The van der Waals surface area contributed by atoms with Crippen LogP contribution in [0.25, 0.3) is 0 Å². The number of fused-ring (bicyclic) bond motifs is 1. The van der Waals surface area contributed by atoms with E-state index < -0.39 is 16.3 Å². The average Bonchev–Trinajstić information content (AvgIpc) is 3.22. The molecule has 2 saturated heterocycles. The summed E-state index contributed by atoms with van der Waals surface area (Å²) in [6.45, 7) is 4.15. The van der Waals surface area contributed by atoms with Crippen molar-refractivity contribution in [3.05, 3.63) is 78.4 Å². The Morgan fingerprint density at radius 2 is 1.82 bits per heavy atom. The Morgan fingerprint density at radius 1 is 1.09 bits per heavy atom. The molecule has 0 aliphatic carbocycles. The van der Waals surface area contributed by atoms with Crippen LogP contribution in [0, 0.1) is 5.92 Å². The van der Waals surface area contributed by atoms with Gasteiger partial charge in [-0.2, -0.15) is 4.31 Å². The van der Waals surface area contributed by atoms with Crippen LogP contribution in [0.2, 0.25) is 0 Å². The Hall–Kier alpha value is -3.01. The molecule has 2 N–H and O–H groups in total. The van der Waals surface area contributed by atoms with E-state index in [4.69, 9.17) is 4.74 Å². The molecule has 3 atom stereocenters. The lowest BCUT2D eigenvalue weighted by Crippen LogP contribution is -2.45. The first-order chi connectivity index (χ1) is 16.3. The Labute approximate surface area is 200 Å². The van der Waals surface area contributed by atoms with Crippen molar-refractivity contribution in [3.8, 4) is 0 Å². The number of nitrogens with one attached hydrogen (secondary N) is 2. The average molecular weight is 484 g/mol. The van der Waals surface area contributed by atoms with Crippen molar-refractivity contribution < 1.29 is 22.7 Å². The first-order valence-electron chi connectivity index (χ1n) is 11.3. The fourth-order valence-corrected chi connectivity index (χ4v) is 5.99. The highest BCUT2D eigenvalue weighted by molar-refractivity contribution is 7.88. The zero-order valence-corrected chi connectivity index (χ0v) is 19.7. The van der Waals surface area contributed by atoms with Gasteiger partial charge in [-0.15, -0.1) is 0 Å². The smallest absolute Gasteiger partial charge is 0.245 e. The largest absolute Gasteiger partial charge is 0.354 e. The standard InChI is InChI=1S/C25H29N3O5S/c1-2-23(29)27-25-15-20-12-13-28(16-22(20)33-25)34(31,32)17-19-8-10-21(11-9-19)26-24(30)14-18-6-4-3-5-7-18/h2-11,20,22,25H,1,12-17H2,(H,26,30)(H,27,29). The van der Waals surface area contributed by atoms with E-state index >= 15 is 0 Å². The van der Waals surface area contributed by atoms with Gasteiger partial charge in [-0.3, -0.25) is 9.59 Å². The van der Waals surface area contributed by atoms with Crippen LogP contribution in [0.3, 0.4) is 0 Å². The molecule has 2 fully saturated rings. The molecule has 2 aliphatic rings. The molecule has 9 heteroatoms. The molecular weight excluding hydrogens is 454 g/mol. The third-order valence-electron chi connectivity index (χ3n) is 6.19. The van der Waals surface area contributed by atoms with E-state index in [9.17, 15) is 18.0 Å². The van der Waals surface area contributed by atoms with Gasteiger partial charge in [-0.25, -0.2) is 8.42 Å². The van der Waals surface area contributed by atoms with Gasteiger partial charge in [0.15, 0.2) is 0 Å². The number of rotatable bonds is 8. The molecule has 2 heterocycles. The van der Waals surface area contributed by atoms with Gasteiger partial charge in [0.1, 0.15) is 6.23 Å². The monoisotopic (exact) mass is 483 g/mol. The molecule has 2 amide bonds. The predicted octanol–water partition coefficient (Wildman–Crippen LogP) is 2.44. The summed E-state index contributed by atoms with van der Waals surface area (Å²) in [5.41, 5.74) is 2.19. The molecule has 4 rings (SSSR count). The van der Waals surface area contributed by atoms with Crippen LogP contribution >= 0.6 is 0 Å². The Kier molecular flexibility index (Phi) is 7.45. The summed E-state index contributed by atoms with van der Waals surface area (Å²) in [6.07, 6.45) is 2.19. The van der Waals surface area contributed by atoms with Crippen LogP contribution in [-0.4, -0.2) is 50.0 Å². The van der Waals surface area contributed by atoms with Crippen molar-refractivity contribution >= 4 is 27.5 Å². The lowest BCUT2D eigenvalue weighted by Gasteiger charge is -2.33. The van der Waals surface area contributed by atoms with E-state index in [-0.39, 0.29) is 42.6 Å². The number of hydrogen-bond donors (Lipinski definition) is 2. The zero-order valence-electron chi connectivity index (χ0n) is 18.9. The van der Waals surface area contributed by atoms with Crippen molar-refractivity contribution in [2.45, 2.75) is 37.3 Å². The summed E-state index contributed by atoms with van der Waals surface area (Å²) < 4.78 is 33.4. The highest BCUT2D eigenvalue weighted by atomic mass is 32.2. The van der Waals surface area contributed by atoms with Crippen molar-refractivity contribution in [1.29, 1.82) is 0 Å². The third-order valence-corrected chi connectivity index (χ3v) is 8.01. The lowest BCUT2D eigenvalue weighted by molar-refractivity contribution is -0.120. The first-order valence-corrected chi connectivity index (χ1v) is 12.9. The number of hydrogen-bond acceptors (Lipinski definition) is 5. The maximum atomic E-state index is 13.0. The molecule has 180 valence electrons. The summed E-state index contributed by atoms with van der Waals surface area (Å²) in [6, 6.07) is 16.3. The van der Waals surface area contributed by atoms with Crippen molar-refractivity contribution in [3.63, 3.8) is 0 Å². The van der Waals surface area contributed by atoms with Gasteiger partial charge in [0, 0.05) is 18.8 Å². The lowest BCUT2D eigenvalue weighted by atomic mass is 9.94. The number of carbonyl (C=O) groups is 2. The zero-order chi connectivity index (χ0) is 24.1. The molecule has 0 spiro atoms. The van der Waals surface area contributed by atoms with E-state index in [1.807, 2.05) is 30.3 Å². The minimum Gasteiger partial charge on any atom is -0.354 e. The molecule has 0 radical (unpaired) electrons. The molecular formula is C25H29N3O5S. The SMILES string of the molecule is C=CC(=O)NC1CC2CCN(S(=O)(=O)Cc3ccc(NC(=O)Cc4ccccc4)cc3)CC2O1. The van der Waals surface area contributed by atoms with Gasteiger partial charge in [0.05, 0.1) is 18.3 Å². The van der Waals surface area contributed by atoms with E-state index in [0.29, 0.717) is 30.6 Å². The van der Waals surface area contributed by atoms with Gasteiger partial charge in [0.2, 0.25) is 21.8 Å². The summed E-state index contributed by atoms with van der Waals surface area (Å²) in [5, 5.41) is 5.57. The normalized spacial score (nSPS) is 22.5. The maximum absolute atomic E-state index is 13.0. The number of piperidine rings is 1. The Bertz CT molecular complexity index is 1130. The topological polar surface area (TPSA) is 105 Å². The van der Waals surface area contributed by atoms with E-state index in [2.05, 4.69) is 17.2 Å². The maximum Gasteiger partial charge on any atom is 0.245 e. The number of sulfonamides is 1. The molecule has 0 aromatic heterocycles. The fourth-order valence-electron chi connectivity index (χ4n) is 4.44. The highest BCUT2D eigenvalue weighted by Crippen LogP contribution is 2.33. The van der Waals surface area contributed by atoms with Crippen LogP contribution in [0.1, 0.15) is 24.0 Å². The minimum atomic E-state index is -3.53. The Morgan fingerprint density at radius 3 is 2.53 bits per heavy atom. The Balaban J connectivity index is 1.30. The van der Waals surface area contributed by atoms with Crippen LogP contribution in [0.4, 0.5) is 5.69 Å². The number of carbonyl (C=O) groups excluding carboxylic acids is 2.